The van der Waals surface area contributed by atoms with Crippen molar-refractivity contribution < 1.29 is 29.4 Å². The molecule has 0 bridgehead atoms. The maximum absolute atomic E-state index is 11.5. The van der Waals surface area contributed by atoms with E-state index < -0.39 is 35.2 Å². The largest absolute Gasteiger partial charge is 0.480 e. The van der Waals surface area contributed by atoms with Gasteiger partial charge in [-0.2, -0.15) is 0 Å². The van der Waals surface area contributed by atoms with Crippen LogP contribution in [0.3, 0.4) is 0 Å². The summed E-state index contributed by atoms with van der Waals surface area (Å²) in [5, 5.41) is 19.9. The molecule has 20 heavy (non-hydrogen) atoms. The molecule has 0 aliphatic heterocycles. The molecule has 0 saturated carbocycles. The highest BCUT2D eigenvalue weighted by Crippen LogP contribution is 2.27. The van der Waals surface area contributed by atoms with E-state index in [0.29, 0.717) is 0 Å². The fourth-order valence-corrected chi connectivity index (χ4v) is 3.67. The summed E-state index contributed by atoms with van der Waals surface area (Å²) in [5.41, 5.74) is 3.26. The number of nitrogens with two attached hydrogens (primary N) is 1. The van der Waals surface area contributed by atoms with Crippen molar-refractivity contribution in [1.29, 1.82) is 0 Å². The van der Waals surface area contributed by atoms with Crippen molar-refractivity contribution >= 4 is 45.2 Å². The van der Waals surface area contributed by atoms with Gasteiger partial charge in [0.15, 0.2) is 5.78 Å². The molecule has 8 nitrogen and oxygen atoms in total. The Balaban J connectivity index is 4.67. The Labute approximate surface area is 123 Å². The number of rotatable bonds is 9. The van der Waals surface area contributed by atoms with Crippen molar-refractivity contribution in [1.82, 2.24) is 5.32 Å². The number of carbonyl (C=O) groups excluding carboxylic acids is 2. The summed E-state index contributed by atoms with van der Waals surface area (Å²) in [6.07, 6.45) is 0. The molecule has 0 radical (unpaired) electrons. The fourth-order valence-electron chi connectivity index (χ4n) is 1.11. The smallest absolute Gasteiger partial charge is 0.338 e. The molecule has 0 spiro atoms. The zero-order chi connectivity index (χ0) is 15.9. The highest BCUT2D eigenvalue weighted by Gasteiger charge is 2.44. The molecule has 114 valence electrons. The van der Waals surface area contributed by atoms with Crippen LogP contribution in [-0.4, -0.2) is 56.9 Å². The molecule has 2 unspecified atom stereocenters. The number of hydrogen-bond donors (Lipinski definition) is 4. The lowest BCUT2D eigenvalue weighted by atomic mass is 9.97. The molecule has 0 aliphatic carbocycles. The summed E-state index contributed by atoms with van der Waals surface area (Å²) in [4.78, 5) is 44.4. The first-order valence-corrected chi connectivity index (χ1v) is 7.88. The topological polar surface area (TPSA) is 147 Å². The number of amides is 1. The lowest BCUT2D eigenvalue weighted by Crippen LogP contribution is -2.60. The Morgan fingerprint density at radius 3 is 2.10 bits per heavy atom. The molecule has 5 N–H and O–H groups in total. The fraction of sp³-hybridized carbons (Fsp3) is 0.600. The molecule has 1 amide bonds. The minimum absolute atomic E-state index is 0.0493. The Morgan fingerprint density at radius 2 is 1.75 bits per heavy atom. The Morgan fingerprint density at radius 1 is 1.20 bits per heavy atom. The van der Waals surface area contributed by atoms with Gasteiger partial charge in [0.2, 0.25) is 11.4 Å². The molecule has 0 aromatic rings. The third-order valence-corrected chi connectivity index (χ3v) is 4.75. The van der Waals surface area contributed by atoms with Crippen LogP contribution in [0.2, 0.25) is 0 Å². The van der Waals surface area contributed by atoms with Crippen LogP contribution in [0.25, 0.3) is 0 Å². The van der Waals surface area contributed by atoms with Gasteiger partial charge in [-0.3, -0.25) is 14.4 Å². The monoisotopic (exact) mass is 324 g/mol. The molecule has 0 saturated heterocycles. The van der Waals surface area contributed by atoms with E-state index in [1.807, 2.05) is 0 Å². The summed E-state index contributed by atoms with van der Waals surface area (Å²) in [5.74, 6) is -4.17. The maximum Gasteiger partial charge on any atom is 0.338 e. The van der Waals surface area contributed by atoms with E-state index in [0.717, 1.165) is 35.4 Å². The van der Waals surface area contributed by atoms with Gasteiger partial charge in [-0.05, 0) is 6.92 Å². The summed E-state index contributed by atoms with van der Waals surface area (Å²) in [6.45, 7) is 2.18. The average Bonchev–Trinajstić information content (AvgIpc) is 2.31. The zero-order valence-corrected chi connectivity index (χ0v) is 12.5. The first-order chi connectivity index (χ1) is 9.13. The zero-order valence-electron chi connectivity index (χ0n) is 10.9. The van der Waals surface area contributed by atoms with Gasteiger partial charge in [-0.15, -0.1) is 0 Å². The van der Waals surface area contributed by atoms with Crippen LogP contribution in [0.1, 0.15) is 13.8 Å². The van der Waals surface area contributed by atoms with Gasteiger partial charge >= 0.3 is 11.9 Å². The lowest BCUT2D eigenvalue weighted by molar-refractivity contribution is -0.150. The van der Waals surface area contributed by atoms with E-state index in [-0.39, 0.29) is 11.5 Å². The van der Waals surface area contributed by atoms with Gasteiger partial charge in [0.25, 0.3) is 0 Å². The van der Waals surface area contributed by atoms with Crippen molar-refractivity contribution in [2.75, 3.05) is 11.5 Å². The second-order valence-corrected chi connectivity index (χ2v) is 6.45. The van der Waals surface area contributed by atoms with Gasteiger partial charge in [-0.1, -0.05) is 21.6 Å². The number of carbonyl (C=O) groups is 4. The van der Waals surface area contributed by atoms with Gasteiger partial charge < -0.3 is 21.3 Å². The van der Waals surface area contributed by atoms with Crippen LogP contribution in [0.5, 0.6) is 0 Å². The molecule has 0 aromatic carbocycles. The molecule has 0 heterocycles. The minimum Gasteiger partial charge on any atom is -0.480 e. The number of ketones is 1. The van der Waals surface area contributed by atoms with Crippen LogP contribution >= 0.6 is 21.6 Å². The number of nitrogens with one attached hydrogen (secondary N) is 1. The van der Waals surface area contributed by atoms with Crippen molar-refractivity contribution in [2.24, 2.45) is 5.73 Å². The third-order valence-electron chi connectivity index (χ3n) is 2.28. The minimum atomic E-state index is -2.02. The van der Waals surface area contributed by atoms with E-state index in [4.69, 9.17) is 15.9 Å². The van der Waals surface area contributed by atoms with Gasteiger partial charge in [0, 0.05) is 18.4 Å². The summed E-state index contributed by atoms with van der Waals surface area (Å²) >= 11 is 0. The Bertz CT molecular complexity index is 401. The van der Waals surface area contributed by atoms with Gasteiger partial charge in [-0.25, -0.2) is 4.79 Å². The molecule has 0 aromatic heterocycles. The molecule has 0 aliphatic rings. The van der Waals surface area contributed by atoms with E-state index in [9.17, 15) is 19.2 Å². The number of hydrogen-bond acceptors (Lipinski definition) is 7. The lowest BCUT2D eigenvalue weighted by Gasteiger charge is -2.26. The second-order valence-electron chi connectivity index (χ2n) is 3.94. The van der Waals surface area contributed by atoms with Gasteiger partial charge in [0.05, 0.1) is 0 Å². The van der Waals surface area contributed by atoms with Crippen molar-refractivity contribution in [3.05, 3.63) is 0 Å². The highest BCUT2D eigenvalue weighted by molar-refractivity contribution is 8.76. The molecule has 0 fully saturated rings. The van der Waals surface area contributed by atoms with E-state index in [2.05, 4.69) is 5.32 Å². The van der Waals surface area contributed by atoms with Crippen LogP contribution in [0.15, 0.2) is 0 Å². The number of carboxylic acids is 2. The average molecular weight is 324 g/mol. The summed E-state index contributed by atoms with van der Waals surface area (Å²) in [7, 11) is 1.98. The quantitative estimate of drug-likeness (QED) is 0.246. The molecule has 2 atom stereocenters. The maximum atomic E-state index is 11.5. The van der Waals surface area contributed by atoms with E-state index in [1.54, 1.807) is 0 Å². The summed E-state index contributed by atoms with van der Waals surface area (Å²) < 4.78 is 0. The second kappa shape index (κ2) is 8.12. The van der Waals surface area contributed by atoms with Crippen molar-refractivity contribution in [3.63, 3.8) is 0 Å². The van der Waals surface area contributed by atoms with Gasteiger partial charge in [0.1, 0.15) is 6.04 Å². The van der Waals surface area contributed by atoms with E-state index >= 15 is 0 Å². The van der Waals surface area contributed by atoms with Crippen LogP contribution in [0.4, 0.5) is 0 Å². The van der Waals surface area contributed by atoms with Crippen LogP contribution in [-0.2, 0) is 19.2 Å². The summed E-state index contributed by atoms with van der Waals surface area (Å²) in [6, 6.07) is -1.08. The number of Topliss-reactive ketones (excluding diaryl/α,β-unsaturated/α-hetero) is 1. The normalized spacial score (nSPS) is 14.9. The molecule has 10 heteroatoms. The predicted molar refractivity (Wildman–Crippen MR) is 75.4 cm³/mol. The van der Waals surface area contributed by atoms with E-state index in [1.165, 1.54) is 0 Å². The highest BCUT2D eigenvalue weighted by atomic mass is 33.1. The Kier molecular flexibility index (Phi) is 7.61. The number of aliphatic carboxylic acids is 2. The SMILES string of the molecule is CC(=O)NC(CSSCC(N)C(=O)O)(C(C)=O)C(=O)O. The standard InChI is InChI=1S/C10H16N2O6S2/c1-5(13)10(9(17)18,12-6(2)14)4-20-19-3-7(11)8(15)16/h7H,3-4,11H2,1-2H3,(H,12,14)(H,15,16)(H,17,18). The predicted octanol–water partition coefficient (Wildman–Crippen LogP) is -0.672. The van der Waals surface area contributed by atoms with Crippen molar-refractivity contribution in [3.8, 4) is 0 Å². The molecule has 0 rings (SSSR count). The van der Waals surface area contributed by atoms with Crippen molar-refractivity contribution in [2.45, 2.75) is 25.4 Å². The number of carboxylic acid groups (broad SMARTS) is 2. The van der Waals surface area contributed by atoms with Crippen LogP contribution in [0, 0.1) is 0 Å². The van der Waals surface area contributed by atoms with Crippen LogP contribution < -0.4 is 11.1 Å². The first-order valence-electron chi connectivity index (χ1n) is 5.39. The molecular formula is C10H16N2O6S2. The molecular weight excluding hydrogens is 308 g/mol. The first kappa shape index (κ1) is 18.7. The third kappa shape index (κ3) is 5.39. The Hall–Kier alpha value is -1.26.